The van der Waals surface area contributed by atoms with Crippen molar-refractivity contribution < 1.29 is 8.42 Å². The van der Waals surface area contributed by atoms with Gasteiger partial charge in [0, 0.05) is 38.8 Å². The fraction of sp³-hybridized carbons (Fsp3) is 0.455. The number of aromatic nitrogens is 1. The first-order chi connectivity index (χ1) is 8.52. The van der Waals surface area contributed by atoms with Gasteiger partial charge >= 0.3 is 0 Å². The van der Waals surface area contributed by atoms with Crippen LogP contribution in [0.2, 0.25) is 0 Å². The number of nitrogens with one attached hydrogen (secondary N) is 1. The van der Waals surface area contributed by atoms with E-state index in [1.165, 1.54) is 29.7 Å². The molecule has 0 aromatic carbocycles. The Balaban J connectivity index is 2.97. The minimum Gasteiger partial charge on any atom is -0.370 e. The lowest BCUT2D eigenvalue weighted by molar-refractivity contribution is 0.476. The van der Waals surface area contributed by atoms with Crippen molar-refractivity contribution in [2.45, 2.75) is 18.2 Å². The molecule has 0 amide bonds. The number of pyridine rings is 1. The average Bonchev–Trinajstić information content (AvgIpc) is 2.36. The molecule has 6 nitrogen and oxygen atoms in total. The quantitative estimate of drug-likeness (QED) is 0.833. The van der Waals surface area contributed by atoms with Gasteiger partial charge in [-0.05, 0) is 13.0 Å². The zero-order chi connectivity index (χ0) is 13.6. The molecule has 7 heteroatoms. The third kappa shape index (κ3) is 3.42. The van der Waals surface area contributed by atoms with Gasteiger partial charge in [0.05, 0.1) is 11.0 Å². The Bertz CT molecular complexity index is 536. The summed E-state index contributed by atoms with van der Waals surface area (Å²) in [4.78, 5) is 4.19. The van der Waals surface area contributed by atoms with Crippen molar-refractivity contribution in [2.24, 2.45) is 0 Å². The van der Waals surface area contributed by atoms with Gasteiger partial charge in [-0.2, -0.15) is 9.57 Å². The molecule has 1 N–H and O–H groups in total. The maximum atomic E-state index is 12.2. The smallest absolute Gasteiger partial charge is 0.243 e. The van der Waals surface area contributed by atoms with Crippen molar-refractivity contribution >= 4 is 15.8 Å². The highest BCUT2D eigenvalue weighted by Gasteiger charge is 2.20. The molecule has 0 radical (unpaired) electrons. The summed E-state index contributed by atoms with van der Waals surface area (Å²) in [6, 6.07) is 4.85. The van der Waals surface area contributed by atoms with Crippen LogP contribution in [0.3, 0.4) is 0 Å². The van der Waals surface area contributed by atoms with E-state index in [1.807, 2.05) is 13.0 Å². The summed E-state index contributed by atoms with van der Waals surface area (Å²) < 4.78 is 25.5. The highest BCUT2D eigenvalue weighted by molar-refractivity contribution is 7.89. The summed E-state index contributed by atoms with van der Waals surface area (Å²) in [5, 5.41) is 11.4. The molecule has 0 aliphatic carbocycles. The van der Waals surface area contributed by atoms with E-state index in [4.69, 9.17) is 5.26 Å². The molecule has 0 fully saturated rings. The zero-order valence-corrected chi connectivity index (χ0v) is 11.2. The number of hydrogen-bond donors (Lipinski definition) is 1. The average molecular weight is 268 g/mol. The maximum absolute atomic E-state index is 12.2. The van der Waals surface area contributed by atoms with Crippen LogP contribution in [-0.4, -0.2) is 37.8 Å². The molecule has 98 valence electrons. The van der Waals surface area contributed by atoms with Gasteiger partial charge in [-0.1, -0.05) is 0 Å². The van der Waals surface area contributed by atoms with Crippen molar-refractivity contribution in [3.05, 3.63) is 18.3 Å². The van der Waals surface area contributed by atoms with E-state index in [-0.39, 0.29) is 17.9 Å². The van der Waals surface area contributed by atoms with E-state index in [0.717, 1.165) is 0 Å². The molecule has 1 aromatic heterocycles. The van der Waals surface area contributed by atoms with Crippen molar-refractivity contribution in [3.8, 4) is 6.07 Å². The summed E-state index contributed by atoms with van der Waals surface area (Å²) >= 11 is 0. The summed E-state index contributed by atoms with van der Waals surface area (Å²) in [5.74, 6) is 0.521. The second-order valence-electron chi connectivity index (χ2n) is 3.64. The van der Waals surface area contributed by atoms with Gasteiger partial charge in [0.1, 0.15) is 5.82 Å². The molecule has 0 saturated carbocycles. The van der Waals surface area contributed by atoms with Gasteiger partial charge in [-0.3, -0.25) is 0 Å². The first-order valence-electron chi connectivity index (χ1n) is 5.55. The summed E-state index contributed by atoms with van der Waals surface area (Å²) in [5.41, 5.74) is 0. The van der Waals surface area contributed by atoms with Crippen molar-refractivity contribution in [2.75, 3.05) is 25.5 Å². The maximum Gasteiger partial charge on any atom is 0.243 e. The number of sulfonamides is 1. The molecule has 0 bridgehead atoms. The Morgan fingerprint density at radius 3 is 2.89 bits per heavy atom. The van der Waals surface area contributed by atoms with Crippen LogP contribution in [-0.2, 0) is 10.0 Å². The van der Waals surface area contributed by atoms with Crippen molar-refractivity contribution in [1.29, 1.82) is 5.26 Å². The number of nitriles is 1. The molecule has 1 rings (SSSR count). The summed E-state index contributed by atoms with van der Waals surface area (Å²) in [6.07, 6.45) is 1.61. The van der Waals surface area contributed by atoms with E-state index in [0.29, 0.717) is 12.4 Å². The second-order valence-corrected chi connectivity index (χ2v) is 5.69. The lowest BCUT2D eigenvalue weighted by atomic mass is 10.4. The van der Waals surface area contributed by atoms with Gasteiger partial charge in [0.25, 0.3) is 0 Å². The number of nitrogens with zero attached hydrogens (tertiary/aromatic N) is 3. The van der Waals surface area contributed by atoms with Gasteiger partial charge in [-0.25, -0.2) is 13.4 Å². The van der Waals surface area contributed by atoms with E-state index in [1.54, 1.807) is 0 Å². The molecule has 18 heavy (non-hydrogen) atoms. The lowest BCUT2D eigenvalue weighted by Crippen LogP contribution is -2.27. The Morgan fingerprint density at radius 1 is 1.56 bits per heavy atom. The highest BCUT2D eigenvalue weighted by Crippen LogP contribution is 2.16. The predicted octanol–water partition coefficient (Wildman–Crippen LogP) is 1.05. The molecule has 0 aliphatic rings. The first-order valence-corrected chi connectivity index (χ1v) is 6.99. The lowest BCUT2D eigenvalue weighted by Gasteiger charge is -2.16. The SMILES string of the molecule is CCNc1cc(S(=O)(=O)N(C)CCC#N)ccn1. The van der Waals surface area contributed by atoms with Crippen LogP contribution < -0.4 is 5.32 Å². The molecule has 0 aliphatic heterocycles. The second kappa shape index (κ2) is 6.33. The fourth-order valence-electron chi connectivity index (χ4n) is 1.36. The van der Waals surface area contributed by atoms with Crippen LogP contribution in [0, 0.1) is 11.3 Å². The van der Waals surface area contributed by atoms with Crippen LogP contribution in [0.4, 0.5) is 5.82 Å². The van der Waals surface area contributed by atoms with Crippen molar-refractivity contribution in [3.63, 3.8) is 0 Å². The number of anilines is 1. The molecule has 0 atom stereocenters. The summed E-state index contributed by atoms with van der Waals surface area (Å²) in [7, 11) is -2.09. The molecular weight excluding hydrogens is 252 g/mol. The Morgan fingerprint density at radius 2 is 2.28 bits per heavy atom. The molecule has 0 unspecified atom stereocenters. The minimum absolute atomic E-state index is 0.168. The van der Waals surface area contributed by atoms with Crippen molar-refractivity contribution in [1.82, 2.24) is 9.29 Å². The number of hydrogen-bond acceptors (Lipinski definition) is 5. The van der Waals surface area contributed by atoms with Crippen LogP contribution in [0.1, 0.15) is 13.3 Å². The Kier molecular flexibility index (Phi) is 5.07. The van der Waals surface area contributed by atoms with Gasteiger partial charge in [0.15, 0.2) is 0 Å². The van der Waals surface area contributed by atoms with Crippen LogP contribution in [0.25, 0.3) is 0 Å². The van der Waals surface area contributed by atoms with Crippen LogP contribution in [0.5, 0.6) is 0 Å². The predicted molar refractivity (Wildman–Crippen MR) is 68.4 cm³/mol. The first kappa shape index (κ1) is 14.4. The zero-order valence-electron chi connectivity index (χ0n) is 10.4. The molecule has 0 saturated heterocycles. The van der Waals surface area contributed by atoms with Gasteiger partial charge in [-0.15, -0.1) is 0 Å². The Hall–Kier alpha value is -1.65. The fourth-order valence-corrected chi connectivity index (χ4v) is 2.54. The van der Waals surface area contributed by atoms with Crippen LogP contribution >= 0.6 is 0 Å². The molecular formula is C11H16N4O2S. The van der Waals surface area contributed by atoms with Gasteiger partial charge < -0.3 is 5.32 Å². The molecule has 1 heterocycles. The monoisotopic (exact) mass is 268 g/mol. The molecule has 1 aromatic rings. The largest absolute Gasteiger partial charge is 0.370 e. The van der Waals surface area contributed by atoms with E-state index in [2.05, 4.69) is 10.3 Å². The third-order valence-electron chi connectivity index (χ3n) is 2.34. The normalized spacial score (nSPS) is 11.2. The van der Waals surface area contributed by atoms with Crippen LogP contribution in [0.15, 0.2) is 23.2 Å². The number of rotatable bonds is 6. The van der Waals surface area contributed by atoms with E-state index in [9.17, 15) is 8.42 Å². The molecule has 0 spiro atoms. The standard InChI is InChI=1S/C11H16N4O2S/c1-3-13-11-9-10(5-7-14-11)18(16,17)15(2)8-4-6-12/h5,7,9H,3-4,8H2,1-2H3,(H,13,14). The summed E-state index contributed by atoms with van der Waals surface area (Å²) in [6.45, 7) is 2.75. The van der Waals surface area contributed by atoms with E-state index >= 15 is 0 Å². The third-order valence-corrected chi connectivity index (χ3v) is 4.19. The van der Waals surface area contributed by atoms with E-state index < -0.39 is 10.0 Å². The topological polar surface area (TPSA) is 86.1 Å². The minimum atomic E-state index is -3.55. The highest BCUT2D eigenvalue weighted by atomic mass is 32.2. The Labute approximate surface area is 107 Å². The van der Waals surface area contributed by atoms with Gasteiger partial charge in [0.2, 0.25) is 10.0 Å².